The van der Waals surface area contributed by atoms with E-state index in [1.54, 1.807) is 0 Å². The standard InChI is InChI=1S/C25H22N2O4/c28-11-10-26-19-8-6-18-12-20(17-7-9-22-21(13-17)27-24(29)15-30-22)25(31-23(18)14-19)16-4-2-1-3-5-16/h1-9,12-14,25-26,28H,10-11,15H2,(H,27,29). The lowest BCUT2D eigenvalue weighted by atomic mass is 9.90. The number of fused-ring (bicyclic) bond motifs is 2. The van der Waals surface area contributed by atoms with Gasteiger partial charge in [-0.15, -0.1) is 0 Å². The zero-order valence-corrected chi connectivity index (χ0v) is 16.8. The maximum Gasteiger partial charge on any atom is 0.262 e. The molecule has 2 aliphatic heterocycles. The Morgan fingerprint density at radius 1 is 1.03 bits per heavy atom. The summed E-state index contributed by atoms with van der Waals surface area (Å²) < 4.78 is 12.0. The summed E-state index contributed by atoms with van der Waals surface area (Å²) in [7, 11) is 0. The van der Waals surface area contributed by atoms with Gasteiger partial charge in [0.05, 0.1) is 12.3 Å². The number of ether oxygens (including phenoxy) is 2. The van der Waals surface area contributed by atoms with Crippen LogP contribution in [0.15, 0.2) is 66.7 Å². The Morgan fingerprint density at radius 2 is 1.90 bits per heavy atom. The fraction of sp³-hybridized carbons (Fsp3) is 0.160. The lowest BCUT2D eigenvalue weighted by Crippen LogP contribution is -2.25. The number of benzene rings is 3. The van der Waals surface area contributed by atoms with E-state index in [4.69, 9.17) is 14.6 Å². The smallest absolute Gasteiger partial charge is 0.262 e. The number of aliphatic hydroxyl groups excluding tert-OH is 1. The second kappa shape index (κ2) is 8.16. The van der Waals surface area contributed by atoms with E-state index in [-0.39, 0.29) is 25.2 Å². The van der Waals surface area contributed by atoms with Gasteiger partial charge in [-0.1, -0.05) is 36.4 Å². The first kappa shape index (κ1) is 19.2. The molecular formula is C25H22N2O4. The van der Waals surface area contributed by atoms with Gasteiger partial charge in [-0.3, -0.25) is 4.79 Å². The van der Waals surface area contributed by atoms with E-state index in [1.807, 2.05) is 66.7 Å². The first-order valence-corrected chi connectivity index (χ1v) is 10.2. The van der Waals surface area contributed by atoms with Crippen molar-refractivity contribution in [1.82, 2.24) is 0 Å². The number of carbonyl (C=O) groups is 1. The minimum Gasteiger partial charge on any atom is -0.482 e. The van der Waals surface area contributed by atoms with Gasteiger partial charge >= 0.3 is 0 Å². The summed E-state index contributed by atoms with van der Waals surface area (Å²) in [5, 5.41) is 15.1. The van der Waals surface area contributed by atoms with Crippen LogP contribution in [0.3, 0.4) is 0 Å². The molecule has 3 N–H and O–H groups in total. The third-order valence-corrected chi connectivity index (χ3v) is 5.34. The molecule has 3 aromatic rings. The van der Waals surface area contributed by atoms with Crippen molar-refractivity contribution in [2.24, 2.45) is 0 Å². The number of rotatable bonds is 5. The predicted octanol–water partition coefficient (Wildman–Crippen LogP) is 4.10. The molecule has 1 amide bonds. The molecular weight excluding hydrogens is 392 g/mol. The Kier molecular flexibility index (Phi) is 5.06. The van der Waals surface area contributed by atoms with Crippen molar-refractivity contribution < 1.29 is 19.4 Å². The van der Waals surface area contributed by atoms with Crippen LogP contribution in [0.4, 0.5) is 11.4 Å². The van der Waals surface area contributed by atoms with Crippen LogP contribution in [0.5, 0.6) is 11.5 Å². The third-order valence-electron chi connectivity index (χ3n) is 5.34. The molecule has 6 nitrogen and oxygen atoms in total. The number of aliphatic hydroxyl groups is 1. The van der Waals surface area contributed by atoms with Gasteiger partial charge in [-0.2, -0.15) is 0 Å². The lowest BCUT2D eigenvalue weighted by molar-refractivity contribution is -0.118. The van der Waals surface area contributed by atoms with E-state index in [9.17, 15) is 4.79 Å². The average Bonchev–Trinajstić information content (AvgIpc) is 2.82. The first-order valence-electron chi connectivity index (χ1n) is 10.2. The second-order valence-electron chi connectivity index (χ2n) is 7.46. The molecule has 0 saturated heterocycles. The fourth-order valence-electron chi connectivity index (χ4n) is 3.87. The number of hydrogen-bond acceptors (Lipinski definition) is 5. The molecule has 0 aliphatic carbocycles. The normalized spacial score (nSPS) is 16.7. The van der Waals surface area contributed by atoms with Gasteiger partial charge in [0.1, 0.15) is 17.6 Å². The molecule has 156 valence electrons. The van der Waals surface area contributed by atoms with E-state index in [0.29, 0.717) is 18.0 Å². The SMILES string of the molecule is O=C1COc2ccc(C3=Cc4ccc(NCCO)cc4OC3c3ccccc3)cc2N1. The van der Waals surface area contributed by atoms with Crippen molar-refractivity contribution in [3.05, 3.63) is 83.4 Å². The van der Waals surface area contributed by atoms with Crippen LogP contribution in [-0.2, 0) is 4.79 Å². The van der Waals surface area contributed by atoms with Crippen molar-refractivity contribution in [2.75, 3.05) is 30.4 Å². The summed E-state index contributed by atoms with van der Waals surface area (Å²) >= 11 is 0. The van der Waals surface area contributed by atoms with Crippen LogP contribution in [0, 0.1) is 0 Å². The summed E-state index contributed by atoms with van der Waals surface area (Å²) in [5.74, 6) is 1.28. The van der Waals surface area contributed by atoms with Crippen molar-refractivity contribution in [3.8, 4) is 11.5 Å². The zero-order chi connectivity index (χ0) is 21.2. The van der Waals surface area contributed by atoms with Gasteiger partial charge in [0.2, 0.25) is 0 Å². The molecule has 1 atom stereocenters. The Morgan fingerprint density at radius 3 is 2.74 bits per heavy atom. The molecule has 5 rings (SSSR count). The Bertz CT molecular complexity index is 1160. The maximum absolute atomic E-state index is 11.8. The molecule has 6 heteroatoms. The minimum atomic E-state index is -0.306. The van der Waals surface area contributed by atoms with E-state index in [1.165, 1.54) is 0 Å². The fourth-order valence-corrected chi connectivity index (χ4v) is 3.87. The van der Waals surface area contributed by atoms with Crippen LogP contribution in [0.25, 0.3) is 11.6 Å². The van der Waals surface area contributed by atoms with Crippen molar-refractivity contribution in [2.45, 2.75) is 6.10 Å². The van der Waals surface area contributed by atoms with Crippen LogP contribution >= 0.6 is 0 Å². The highest BCUT2D eigenvalue weighted by Crippen LogP contribution is 2.44. The number of anilines is 2. The third kappa shape index (κ3) is 3.85. The van der Waals surface area contributed by atoms with Crippen LogP contribution in [0.2, 0.25) is 0 Å². The summed E-state index contributed by atoms with van der Waals surface area (Å²) in [6, 6.07) is 21.8. The van der Waals surface area contributed by atoms with Gasteiger partial charge in [0.25, 0.3) is 5.91 Å². The van der Waals surface area contributed by atoms with Crippen molar-refractivity contribution >= 4 is 28.9 Å². The van der Waals surface area contributed by atoms with Gasteiger partial charge in [0, 0.05) is 29.4 Å². The molecule has 0 fully saturated rings. The molecule has 0 spiro atoms. The molecule has 0 bridgehead atoms. The molecule has 3 aromatic carbocycles. The number of hydrogen-bond donors (Lipinski definition) is 3. The lowest BCUT2D eigenvalue weighted by Gasteiger charge is -2.29. The maximum atomic E-state index is 11.8. The topological polar surface area (TPSA) is 79.8 Å². The van der Waals surface area contributed by atoms with Crippen molar-refractivity contribution in [1.29, 1.82) is 0 Å². The summed E-state index contributed by atoms with van der Waals surface area (Å²) in [4.78, 5) is 11.8. The molecule has 2 heterocycles. The second-order valence-corrected chi connectivity index (χ2v) is 7.46. The molecule has 1 unspecified atom stereocenters. The summed E-state index contributed by atoms with van der Waals surface area (Å²) in [6.45, 7) is 0.572. The summed E-state index contributed by atoms with van der Waals surface area (Å²) in [6.07, 6.45) is 1.82. The Labute approximate surface area is 180 Å². The van der Waals surface area contributed by atoms with Crippen LogP contribution in [-0.4, -0.2) is 30.8 Å². The zero-order valence-electron chi connectivity index (χ0n) is 16.8. The highest BCUT2D eigenvalue weighted by atomic mass is 16.5. The molecule has 0 aromatic heterocycles. The largest absolute Gasteiger partial charge is 0.482 e. The molecule has 31 heavy (non-hydrogen) atoms. The monoisotopic (exact) mass is 414 g/mol. The molecule has 0 radical (unpaired) electrons. The predicted molar refractivity (Wildman–Crippen MR) is 120 cm³/mol. The quantitative estimate of drug-likeness (QED) is 0.586. The molecule has 0 saturated carbocycles. The van der Waals surface area contributed by atoms with E-state index in [2.05, 4.69) is 16.7 Å². The van der Waals surface area contributed by atoms with Gasteiger partial charge in [0.15, 0.2) is 6.61 Å². The van der Waals surface area contributed by atoms with Gasteiger partial charge in [-0.05, 0) is 41.5 Å². The van der Waals surface area contributed by atoms with Gasteiger partial charge in [-0.25, -0.2) is 0 Å². The van der Waals surface area contributed by atoms with E-state index >= 15 is 0 Å². The summed E-state index contributed by atoms with van der Waals surface area (Å²) in [5.41, 5.74) is 5.51. The Balaban J connectivity index is 1.58. The average molecular weight is 414 g/mol. The van der Waals surface area contributed by atoms with Crippen LogP contribution in [0.1, 0.15) is 22.8 Å². The van der Waals surface area contributed by atoms with E-state index in [0.717, 1.165) is 33.7 Å². The van der Waals surface area contributed by atoms with E-state index < -0.39 is 0 Å². The van der Waals surface area contributed by atoms with Crippen LogP contribution < -0.4 is 20.1 Å². The first-order chi connectivity index (χ1) is 15.2. The van der Waals surface area contributed by atoms with Crippen molar-refractivity contribution in [3.63, 3.8) is 0 Å². The number of carbonyl (C=O) groups excluding carboxylic acids is 1. The number of amides is 1. The Hall–Kier alpha value is -3.77. The number of nitrogens with one attached hydrogen (secondary N) is 2. The highest BCUT2D eigenvalue weighted by molar-refractivity contribution is 5.97. The minimum absolute atomic E-state index is 0.0326. The molecule has 2 aliphatic rings. The highest BCUT2D eigenvalue weighted by Gasteiger charge is 2.27. The van der Waals surface area contributed by atoms with Gasteiger partial charge < -0.3 is 25.2 Å².